The molecule has 1 fully saturated rings. The number of hydrogen-bond acceptors (Lipinski definition) is 4. The van der Waals surface area contributed by atoms with Gasteiger partial charge in [-0.25, -0.2) is 22.4 Å². The van der Waals surface area contributed by atoms with Crippen LogP contribution in [-0.4, -0.2) is 54.6 Å². The van der Waals surface area contributed by atoms with Gasteiger partial charge in [0.15, 0.2) is 0 Å². The van der Waals surface area contributed by atoms with Crippen LogP contribution in [0.2, 0.25) is 0 Å². The van der Waals surface area contributed by atoms with Gasteiger partial charge in [0.25, 0.3) is 5.92 Å². The lowest BCUT2D eigenvalue weighted by atomic mass is 9.98. The van der Waals surface area contributed by atoms with Gasteiger partial charge in [0.1, 0.15) is 18.6 Å². The number of aliphatic carboxylic acids is 1. The first-order chi connectivity index (χ1) is 16.6. The number of carboxylic acids is 1. The molecule has 2 aliphatic rings. The molecule has 1 saturated carbocycles. The van der Waals surface area contributed by atoms with Crippen molar-refractivity contribution in [1.82, 2.24) is 10.6 Å². The molecule has 2 aromatic carbocycles. The highest BCUT2D eigenvalue weighted by Gasteiger charge is 2.72. The van der Waals surface area contributed by atoms with Crippen LogP contribution in [0.15, 0.2) is 48.5 Å². The fourth-order valence-electron chi connectivity index (χ4n) is 4.51. The zero-order valence-corrected chi connectivity index (χ0v) is 18.2. The molecule has 3 N–H and O–H groups in total. The van der Waals surface area contributed by atoms with Gasteiger partial charge in [-0.1, -0.05) is 48.5 Å². The van der Waals surface area contributed by atoms with E-state index in [0.29, 0.717) is 0 Å². The number of carboxylic acid groups (broad SMARTS) is 1. The van der Waals surface area contributed by atoms with E-state index in [-0.39, 0.29) is 12.5 Å². The molecule has 0 spiro atoms. The standard InChI is InChI=1S/C24H22F4N2O5/c25-19(26)9-18(21(31)29-10-17-20(22(32)33)24(17,27)28)30-23(34)35-11-16-14-7-3-1-5-12(14)13-6-2-4-8-15(13)16/h1-8,16-20H,9-11H2,(H,29,31)(H,30,34)(H,32,33)/t17-,18?,20-/m0/s1. The van der Waals surface area contributed by atoms with E-state index >= 15 is 0 Å². The summed E-state index contributed by atoms with van der Waals surface area (Å²) in [4.78, 5) is 35.5. The largest absolute Gasteiger partial charge is 0.481 e. The molecule has 0 radical (unpaired) electrons. The first kappa shape index (κ1) is 24.5. The molecule has 0 aromatic heterocycles. The predicted molar refractivity (Wildman–Crippen MR) is 115 cm³/mol. The molecule has 0 aliphatic heterocycles. The molecule has 3 atom stereocenters. The minimum atomic E-state index is -3.50. The summed E-state index contributed by atoms with van der Waals surface area (Å²) < 4.78 is 58.2. The Balaban J connectivity index is 1.36. The Kier molecular flexibility index (Phi) is 6.68. The monoisotopic (exact) mass is 494 g/mol. The van der Waals surface area contributed by atoms with Crippen LogP contribution in [0.1, 0.15) is 23.5 Å². The maximum atomic E-state index is 13.5. The fourth-order valence-corrected chi connectivity index (χ4v) is 4.51. The summed E-state index contributed by atoms with van der Waals surface area (Å²) in [6.45, 7) is -0.841. The highest BCUT2D eigenvalue weighted by Crippen LogP contribution is 2.54. The molecule has 4 rings (SSSR count). The maximum absolute atomic E-state index is 13.5. The van der Waals surface area contributed by atoms with E-state index in [2.05, 4.69) is 5.32 Å². The normalized spacial score (nSPS) is 20.5. The Morgan fingerprint density at radius 2 is 1.57 bits per heavy atom. The van der Waals surface area contributed by atoms with Crippen molar-refractivity contribution in [3.8, 4) is 11.1 Å². The Hall–Kier alpha value is -3.63. The number of hydrogen-bond donors (Lipinski definition) is 3. The lowest BCUT2D eigenvalue weighted by Gasteiger charge is -2.19. The molecule has 2 aliphatic carbocycles. The maximum Gasteiger partial charge on any atom is 0.407 e. The summed E-state index contributed by atoms with van der Waals surface area (Å²) in [5, 5.41) is 12.9. The average molecular weight is 494 g/mol. The molecule has 186 valence electrons. The van der Waals surface area contributed by atoms with E-state index in [9.17, 15) is 31.9 Å². The number of carbonyl (C=O) groups is 3. The second-order valence-electron chi connectivity index (χ2n) is 8.49. The van der Waals surface area contributed by atoms with Gasteiger partial charge in [0.2, 0.25) is 12.3 Å². The summed E-state index contributed by atoms with van der Waals surface area (Å²) in [5.74, 6) is -10.2. The van der Waals surface area contributed by atoms with Crippen molar-refractivity contribution in [3.05, 3.63) is 59.7 Å². The van der Waals surface area contributed by atoms with E-state index in [1.165, 1.54) is 0 Å². The first-order valence-electron chi connectivity index (χ1n) is 10.9. The second-order valence-corrected chi connectivity index (χ2v) is 8.49. The average Bonchev–Trinajstić information content (AvgIpc) is 3.22. The molecule has 0 heterocycles. The summed E-state index contributed by atoms with van der Waals surface area (Å²) in [5.41, 5.74) is 3.84. The minimum Gasteiger partial charge on any atom is -0.481 e. The summed E-state index contributed by atoms with van der Waals surface area (Å²) in [6.07, 6.45) is -5.17. The van der Waals surface area contributed by atoms with E-state index in [4.69, 9.17) is 9.84 Å². The molecule has 0 saturated heterocycles. The zero-order chi connectivity index (χ0) is 25.3. The number of nitrogens with one attached hydrogen (secondary N) is 2. The summed E-state index contributed by atoms with van der Waals surface area (Å²) >= 11 is 0. The number of benzene rings is 2. The van der Waals surface area contributed by atoms with Gasteiger partial charge in [-0.15, -0.1) is 0 Å². The van der Waals surface area contributed by atoms with Crippen molar-refractivity contribution in [1.29, 1.82) is 0 Å². The highest BCUT2D eigenvalue weighted by molar-refractivity contribution is 5.86. The van der Waals surface area contributed by atoms with Gasteiger partial charge in [-0.2, -0.15) is 0 Å². The van der Waals surface area contributed by atoms with Crippen molar-refractivity contribution in [2.75, 3.05) is 13.2 Å². The Bertz CT molecular complexity index is 1100. The van der Waals surface area contributed by atoms with Crippen molar-refractivity contribution in [2.24, 2.45) is 11.8 Å². The van der Waals surface area contributed by atoms with Crippen LogP contribution in [0.3, 0.4) is 0 Å². The van der Waals surface area contributed by atoms with Crippen LogP contribution in [-0.2, 0) is 14.3 Å². The van der Waals surface area contributed by atoms with Crippen molar-refractivity contribution in [2.45, 2.75) is 30.7 Å². The van der Waals surface area contributed by atoms with E-state index in [1.807, 2.05) is 53.8 Å². The van der Waals surface area contributed by atoms with Crippen LogP contribution < -0.4 is 10.6 Å². The molecule has 2 aromatic rings. The lowest BCUT2D eigenvalue weighted by molar-refractivity contribution is -0.141. The van der Waals surface area contributed by atoms with Crippen LogP contribution in [0, 0.1) is 11.8 Å². The number of rotatable bonds is 9. The lowest BCUT2D eigenvalue weighted by Crippen LogP contribution is -2.48. The van der Waals surface area contributed by atoms with Crippen molar-refractivity contribution >= 4 is 18.0 Å². The summed E-state index contributed by atoms with van der Waals surface area (Å²) in [7, 11) is 0. The smallest absolute Gasteiger partial charge is 0.407 e. The Morgan fingerprint density at radius 3 is 2.09 bits per heavy atom. The molecular formula is C24H22F4N2O5. The molecule has 1 unspecified atom stereocenters. The van der Waals surface area contributed by atoms with Gasteiger partial charge < -0.3 is 20.5 Å². The van der Waals surface area contributed by atoms with E-state index in [0.717, 1.165) is 22.3 Å². The number of halogens is 4. The molecular weight excluding hydrogens is 472 g/mol. The molecule has 11 heteroatoms. The SMILES string of the molecule is O=C(NC(CC(F)F)C(=O)NC[C@H]1[C@@H](C(=O)O)C1(F)F)OCC1c2ccccc2-c2ccccc21. The number of fused-ring (bicyclic) bond motifs is 3. The van der Waals surface area contributed by atoms with E-state index < -0.39 is 61.2 Å². The quantitative estimate of drug-likeness (QED) is 0.462. The van der Waals surface area contributed by atoms with Gasteiger partial charge in [-0.3, -0.25) is 9.59 Å². The Labute approximate surface area is 197 Å². The van der Waals surface area contributed by atoms with Gasteiger partial charge in [-0.05, 0) is 22.3 Å². The third kappa shape index (κ3) is 4.94. The number of alkyl halides is 4. The van der Waals surface area contributed by atoms with Gasteiger partial charge in [0, 0.05) is 18.9 Å². The van der Waals surface area contributed by atoms with Crippen LogP contribution in [0.4, 0.5) is 22.4 Å². The molecule has 35 heavy (non-hydrogen) atoms. The second kappa shape index (κ2) is 9.55. The minimum absolute atomic E-state index is 0.114. The topological polar surface area (TPSA) is 105 Å². The van der Waals surface area contributed by atoms with Crippen molar-refractivity contribution in [3.63, 3.8) is 0 Å². The Morgan fingerprint density at radius 1 is 1.00 bits per heavy atom. The van der Waals surface area contributed by atoms with Crippen LogP contribution in [0.25, 0.3) is 11.1 Å². The van der Waals surface area contributed by atoms with E-state index in [1.54, 1.807) is 0 Å². The number of carbonyl (C=O) groups excluding carboxylic acids is 2. The number of ether oxygens (including phenoxy) is 1. The van der Waals surface area contributed by atoms with Gasteiger partial charge in [0.05, 0.1) is 5.92 Å². The predicted octanol–water partition coefficient (Wildman–Crippen LogP) is 3.63. The summed E-state index contributed by atoms with van der Waals surface area (Å²) in [6, 6.07) is 13.4. The third-order valence-corrected chi connectivity index (χ3v) is 6.33. The molecule has 7 nitrogen and oxygen atoms in total. The third-order valence-electron chi connectivity index (χ3n) is 6.33. The van der Waals surface area contributed by atoms with Crippen LogP contribution >= 0.6 is 0 Å². The van der Waals surface area contributed by atoms with Crippen LogP contribution in [0.5, 0.6) is 0 Å². The van der Waals surface area contributed by atoms with Crippen molar-refractivity contribution < 1.29 is 41.8 Å². The molecule has 2 amide bonds. The molecule has 0 bridgehead atoms. The zero-order valence-electron chi connectivity index (χ0n) is 18.2. The number of alkyl carbamates (subject to hydrolysis) is 1. The highest BCUT2D eigenvalue weighted by atomic mass is 19.3. The fraction of sp³-hybridized carbons (Fsp3) is 0.375. The first-order valence-corrected chi connectivity index (χ1v) is 10.9. The van der Waals surface area contributed by atoms with Gasteiger partial charge >= 0.3 is 12.1 Å². The number of amides is 2.